The Morgan fingerprint density at radius 1 is 1.50 bits per heavy atom. The van der Waals surface area contributed by atoms with Crippen LogP contribution in [-0.2, 0) is 4.79 Å². The second kappa shape index (κ2) is 3.68. The first kappa shape index (κ1) is 11.3. The van der Waals surface area contributed by atoms with Crippen molar-refractivity contribution in [3.63, 3.8) is 0 Å². The molecular formula is C12H19N3O. The Bertz CT molecular complexity index is 359. The minimum Gasteiger partial charge on any atom is -0.350 e. The minimum absolute atomic E-state index is 0.0507. The van der Waals surface area contributed by atoms with Gasteiger partial charge in [-0.15, -0.1) is 0 Å². The zero-order chi connectivity index (χ0) is 11.8. The summed E-state index contributed by atoms with van der Waals surface area (Å²) >= 11 is 0. The highest BCUT2D eigenvalue weighted by molar-refractivity contribution is 5.96. The van der Waals surface area contributed by atoms with Crippen LogP contribution in [0.5, 0.6) is 0 Å². The summed E-state index contributed by atoms with van der Waals surface area (Å²) in [5.41, 5.74) is -0.374. The fourth-order valence-corrected chi connectivity index (χ4v) is 1.66. The van der Waals surface area contributed by atoms with Crippen LogP contribution in [0.15, 0.2) is 9.98 Å². The zero-order valence-electron chi connectivity index (χ0n) is 10.2. The highest BCUT2D eigenvalue weighted by Crippen LogP contribution is 2.40. The topological polar surface area (TPSA) is 53.8 Å². The molecule has 1 N–H and O–H groups in total. The lowest BCUT2D eigenvalue weighted by Crippen LogP contribution is -2.44. The van der Waals surface area contributed by atoms with Crippen LogP contribution >= 0.6 is 0 Å². The van der Waals surface area contributed by atoms with Crippen LogP contribution in [0.25, 0.3) is 0 Å². The van der Waals surface area contributed by atoms with Gasteiger partial charge < -0.3 is 5.32 Å². The number of carbonyl (C=O) groups is 1. The van der Waals surface area contributed by atoms with Gasteiger partial charge in [0, 0.05) is 23.6 Å². The Balaban J connectivity index is 1.94. The quantitative estimate of drug-likeness (QED) is 0.772. The minimum atomic E-state index is -0.323. The number of amidine groups is 1. The Morgan fingerprint density at radius 2 is 2.19 bits per heavy atom. The molecule has 88 valence electrons. The molecule has 4 heteroatoms. The summed E-state index contributed by atoms with van der Waals surface area (Å²) in [4.78, 5) is 20.4. The fraction of sp³-hybridized carbons (Fsp3) is 0.750. The number of hydrogen-bond donors (Lipinski definition) is 1. The average molecular weight is 221 g/mol. The molecular weight excluding hydrogens is 202 g/mol. The van der Waals surface area contributed by atoms with Crippen molar-refractivity contribution in [2.24, 2.45) is 15.4 Å². The predicted molar refractivity (Wildman–Crippen MR) is 65.0 cm³/mol. The van der Waals surface area contributed by atoms with Crippen LogP contribution in [0, 0.1) is 5.41 Å². The summed E-state index contributed by atoms with van der Waals surface area (Å²) in [5, 5.41) is 3.14. The van der Waals surface area contributed by atoms with E-state index in [1.807, 2.05) is 27.0 Å². The molecule has 1 fully saturated rings. The van der Waals surface area contributed by atoms with Crippen LogP contribution in [0.3, 0.4) is 0 Å². The van der Waals surface area contributed by atoms with Gasteiger partial charge in [0.25, 0.3) is 0 Å². The maximum atomic E-state index is 11.9. The predicted octanol–water partition coefficient (Wildman–Crippen LogP) is 1.55. The van der Waals surface area contributed by atoms with E-state index >= 15 is 0 Å². The maximum Gasteiger partial charge on any atom is 0.225 e. The van der Waals surface area contributed by atoms with Gasteiger partial charge in [-0.1, -0.05) is 20.8 Å². The third-order valence-electron chi connectivity index (χ3n) is 3.01. The van der Waals surface area contributed by atoms with E-state index in [0.29, 0.717) is 6.54 Å². The van der Waals surface area contributed by atoms with Crippen molar-refractivity contribution in [3.05, 3.63) is 0 Å². The lowest BCUT2D eigenvalue weighted by atomic mass is 9.94. The van der Waals surface area contributed by atoms with Gasteiger partial charge >= 0.3 is 0 Å². The molecule has 0 atom stereocenters. The highest BCUT2D eigenvalue weighted by Gasteiger charge is 2.46. The van der Waals surface area contributed by atoms with Gasteiger partial charge in [0.2, 0.25) is 5.91 Å². The smallest absolute Gasteiger partial charge is 0.225 e. The molecule has 4 nitrogen and oxygen atoms in total. The molecule has 2 aliphatic rings. The first-order chi connectivity index (χ1) is 7.41. The molecule has 0 spiro atoms. The molecule has 1 heterocycles. The van der Waals surface area contributed by atoms with Crippen molar-refractivity contribution in [1.82, 2.24) is 5.32 Å². The van der Waals surface area contributed by atoms with Crippen molar-refractivity contribution in [1.29, 1.82) is 0 Å². The van der Waals surface area contributed by atoms with Crippen LogP contribution in [-0.4, -0.2) is 30.0 Å². The van der Waals surface area contributed by atoms with Crippen molar-refractivity contribution < 1.29 is 4.79 Å². The van der Waals surface area contributed by atoms with E-state index in [0.717, 1.165) is 25.1 Å². The third-order valence-corrected chi connectivity index (χ3v) is 3.01. The molecule has 0 aromatic heterocycles. The van der Waals surface area contributed by atoms with Crippen molar-refractivity contribution in [2.45, 2.75) is 45.6 Å². The second-order valence-electron chi connectivity index (χ2n) is 5.73. The molecule has 0 aromatic carbocycles. The summed E-state index contributed by atoms with van der Waals surface area (Å²) in [6.45, 7) is 6.50. The van der Waals surface area contributed by atoms with Crippen LogP contribution < -0.4 is 5.32 Å². The lowest BCUT2D eigenvalue weighted by Gasteiger charge is -2.23. The standard InChI is InChI=1S/C12H19N3O/c1-11(2,3)10(16)15-12(4-5-12)8-9-13-6-7-14-9/h6H,4-5,7-8H2,1-3H3,(H,15,16). The van der Waals surface area contributed by atoms with Gasteiger partial charge in [-0.25, -0.2) is 4.99 Å². The molecule has 0 saturated heterocycles. The Kier molecular flexibility index (Phi) is 2.60. The molecule has 1 amide bonds. The fourth-order valence-electron chi connectivity index (χ4n) is 1.66. The van der Waals surface area contributed by atoms with Gasteiger partial charge in [-0.3, -0.25) is 9.79 Å². The second-order valence-corrected chi connectivity index (χ2v) is 5.73. The Hall–Kier alpha value is -1.19. The largest absolute Gasteiger partial charge is 0.350 e. The Labute approximate surface area is 96.2 Å². The van der Waals surface area contributed by atoms with Crippen molar-refractivity contribution >= 4 is 18.0 Å². The maximum absolute atomic E-state index is 11.9. The summed E-state index contributed by atoms with van der Waals surface area (Å²) in [6, 6.07) is 0. The van der Waals surface area contributed by atoms with Crippen molar-refractivity contribution in [3.8, 4) is 0 Å². The number of amides is 1. The molecule has 1 aliphatic heterocycles. The van der Waals surface area contributed by atoms with Gasteiger partial charge in [0.05, 0.1) is 6.54 Å². The summed E-state index contributed by atoms with van der Waals surface area (Å²) in [6.07, 6.45) is 4.69. The zero-order valence-corrected chi connectivity index (χ0v) is 10.2. The van der Waals surface area contributed by atoms with Crippen LogP contribution in [0.1, 0.15) is 40.0 Å². The number of aliphatic imine (C=N–C) groups is 2. The van der Waals surface area contributed by atoms with Crippen molar-refractivity contribution in [2.75, 3.05) is 6.54 Å². The first-order valence-corrected chi connectivity index (χ1v) is 5.80. The van der Waals surface area contributed by atoms with E-state index in [-0.39, 0.29) is 16.9 Å². The SMILES string of the molecule is CC(C)(C)C(=O)NC1(CC2=NCC=N2)CC1. The van der Waals surface area contributed by atoms with Crippen LogP contribution in [0.2, 0.25) is 0 Å². The average Bonchev–Trinajstić information content (AvgIpc) is 2.73. The normalized spacial score (nSPS) is 21.8. The lowest BCUT2D eigenvalue weighted by molar-refractivity contribution is -0.129. The van der Waals surface area contributed by atoms with Gasteiger partial charge in [0.1, 0.15) is 5.84 Å². The number of nitrogens with one attached hydrogen (secondary N) is 1. The summed E-state index contributed by atoms with van der Waals surface area (Å²) in [7, 11) is 0. The molecule has 0 unspecified atom stereocenters. The molecule has 0 aromatic rings. The summed E-state index contributed by atoms with van der Waals surface area (Å²) in [5.74, 6) is 0.999. The Morgan fingerprint density at radius 3 is 2.62 bits per heavy atom. The van der Waals surface area contributed by atoms with E-state index < -0.39 is 0 Å². The molecule has 2 rings (SSSR count). The van der Waals surface area contributed by atoms with Gasteiger partial charge in [0.15, 0.2) is 0 Å². The third kappa shape index (κ3) is 2.49. The number of carbonyl (C=O) groups excluding carboxylic acids is 1. The number of rotatable bonds is 3. The summed E-state index contributed by atoms with van der Waals surface area (Å²) < 4.78 is 0. The highest BCUT2D eigenvalue weighted by atomic mass is 16.2. The molecule has 0 bridgehead atoms. The van der Waals surface area contributed by atoms with E-state index in [1.54, 1.807) is 0 Å². The van der Waals surface area contributed by atoms with Crippen LogP contribution in [0.4, 0.5) is 0 Å². The monoisotopic (exact) mass is 221 g/mol. The number of nitrogens with zero attached hydrogens (tertiary/aromatic N) is 2. The van der Waals surface area contributed by atoms with E-state index in [2.05, 4.69) is 15.3 Å². The van der Waals surface area contributed by atoms with Gasteiger partial charge in [-0.2, -0.15) is 0 Å². The molecule has 0 radical (unpaired) electrons. The molecule has 1 saturated carbocycles. The van der Waals surface area contributed by atoms with E-state index in [1.165, 1.54) is 0 Å². The van der Waals surface area contributed by atoms with E-state index in [9.17, 15) is 4.79 Å². The van der Waals surface area contributed by atoms with Gasteiger partial charge in [-0.05, 0) is 12.8 Å². The number of hydrogen-bond acceptors (Lipinski definition) is 3. The first-order valence-electron chi connectivity index (χ1n) is 5.80. The molecule has 16 heavy (non-hydrogen) atoms. The van der Waals surface area contributed by atoms with E-state index in [4.69, 9.17) is 0 Å². The molecule has 1 aliphatic carbocycles.